The zero-order valence-corrected chi connectivity index (χ0v) is 14.2. The van der Waals surface area contributed by atoms with Crippen molar-refractivity contribution in [2.75, 3.05) is 19.6 Å². The lowest BCUT2D eigenvalue weighted by atomic mass is 9.80. The van der Waals surface area contributed by atoms with Gasteiger partial charge in [0.05, 0.1) is 0 Å². The van der Waals surface area contributed by atoms with Crippen LogP contribution in [0.4, 0.5) is 0 Å². The minimum absolute atomic E-state index is 1.07. The maximum atomic E-state index is 2.79. The molecular formula is C20H37N. The fourth-order valence-corrected chi connectivity index (χ4v) is 5.27. The van der Waals surface area contributed by atoms with E-state index in [4.69, 9.17) is 0 Å². The number of piperidine rings is 1. The molecule has 3 aliphatic rings. The number of rotatable bonds is 4. The third kappa shape index (κ3) is 4.98. The SMILES string of the molecule is C1CCC(CCN2CCC(C3CCCCCC3)CC2)CC1. The van der Waals surface area contributed by atoms with Crippen molar-refractivity contribution in [3.63, 3.8) is 0 Å². The summed E-state index contributed by atoms with van der Waals surface area (Å²) in [7, 11) is 0. The highest BCUT2D eigenvalue weighted by Gasteiger charge is 2.27. The van der Waals surface area contributed by atoms with Gasteiger partial charge in [0.1, 0.15) is 0 Å². The van der Waals surface area contributed by atoms with Gasteiger partial charge in [-0.2, -0.15) is 0 Å². The second-order valence-corrected chi connectivity index (χ2v) is 8.22. The Hall–Kier alpha value is -0.0400. The summed E-state index contributed by atoms with van der Waals surface area (Å²) in [5, 5.41) is 0. The molecule has 0 N–H and O–H groups in total. The zero-order chi connectivity index (χ0) is 14.3. The molecular weight excluding hydrogens is 254 g/mol. The van der Waals surface area contributed by atoms with Crippen LogP contribution in [0.1, 0.15) is 89.9 Å². The molecule has 1 nitrogen and oxygen atoms in total. The first kappa shape index (κ1) is 15.8. The molecule has 0 aromatic rings. The summed E-state index contributed by atoms with van der Waals surface area (Å²) >= 11 is 0. The van der Waals surface area contributed by atoms with E-state index in [-0.39, 0.29) is 0 Å². The molecule has 3 rings (SSSR count). The van der Waals surface area contributed by atoms with Crippen LogP contribution in [0, 0.1) is 17.8 Å². The van der Waals surface area contributed by atoms with Gasteiger partial charge in [0, 0.05) is 0 Å². The van der Waals surface area contributed by atoms with Crippen molar-refractivity contribution in [2.24, 2.45) is 17.8 Å². The topological polar surface area (TPSA) is 3.24 Å². The molecule has 0 aromatic heterocycles. The van der Waals surface area contributed by atoms with Gasteiger partial charge in [-0.25, -0.2) is 0 Å². The monoisotopic (exact) mass is 291 g/mol. The molecule has 3 fully saturated rings. The van der Waals surface area contributed by atoms with Gasteiger partial charge in [-0.15, -0.1) is 0 Å². The Morgan fingerprint density at radius 2 is 1.10 bits per heavy atom. The van der Waals surface area contributed by atoms with Crippen molar-refractivity contribution in [1.82, 2.24) is 4.90 Å². The molecule has 2 aliphatic carbocycles. The number of hydrogen-bond acceptors (Lipinski definition) is 1. The lowest BCUT2D eigenvalue weighted by molar-refractivity contribution is 0.130. The molecule has 122 valence electrons. The van der Waals surface area contributed by atoms with Gasteiger partial charge in [-0.1, -0.05) is 70.6 Å². The fraction of sp³-hybridized carbons (Fsp3) is 1.00. The maximum Gasteiger partial charge on any atom is -0.00160 e. The Bertz CT molecular complexity index is 266. The zero-order valence-electron chi connectivity index (χ0n) is 14.2. The van der Waals surface area contributed by atoms with Gasteiger partial charge in [-0.05, 0) is 56.7 Å². The standard InChI is InChI=1S/C20H37N/c1-2-7-11-19(10-6-1)20-13-16-21(17-14-20)15-12-18-8-4-3-5-9-18/h18-20H,1-17H2. The lowest BCUT2D eigenvalue weighted by Crippen LogP contribution is -2.37. The molecule has 0 bridgehead atoms. The third-order valence-corrected chi connectivity index (χ3v) is 6.78. The van der Waals surface area contributed by atoms with Gasteiger partial charge in [0.2, 0.25) is 0 Å². The molecule has 1 aliphatic heterocycles. The van der Waals surface area contributed by atoms with E-state index in [9.17, 15) is 0 Å². The first-order valence-corrected chi connectivity index (χ1v) is 10.1. The number of hydrogen-bond donors (Lipinski definition) is 0. The molecule has 0 aromatic carbocycles. The van der Waals surface area contributed by atoms with Crippen molar-refractivity contribution in [1.29, 1.82) is 0 Å². The molecule has 1 heterocycles. The van der Waals surface area contributed by atoms with Crippen LogP contribution < -0.4 is 0 Å². The molecule has 1 heteroatoms. The van der Waals surface area contributed by atoms with E-state index in [1.54, 1.807) is 12.8 Å². The third-order valence-electron chi connectivity index (χ3n) is 6.78. The van der Waals surface area contributed by atoms with Crippen molar-refractivity contribution >= 4 is 0 Å². The summed E-state index contributed by atoms with van der Waals surface area (Å²) in [6.45, 7) is 4.23. The molecule has 0 amide bonds. The fourth-order valence-electron chi connectivity index (χ4n) is 5.27. The molecule has 2 saturated carbocycles. The molecule has 21 heavy (non-hydrogen) atoms. The summed E-state index contributed by atoms with van der Waals surface area (Å²) in [5.74, 6) is 3.24. The number of likely N-dealkylation sites (tertiary alicyclic amines) is 1. The van der Waals surface area contributed by atoms with Crippen molar-refractivity contribution < 1.29 is 0 Å². The summed E-state index contributed by atoms with van der Waals surface area (Å²) in [5.41, 5.74) is 0. The predicted octanol–water partition coefficient (Wildman–Crippen LogP) is 5.64. The van der Waals surface area contributed by atoms with Crippen LogP contribution in [0.3, 0.4) is 0 Å². The van der Waals surface area contributed by atoms with Crippen LogP contribution in [0.25, 0.3) is 0 Å². The molecule has 0 spiro atoms. The minimum Gasteiger partial charge on any atom is -0.303 e. The van der Waals surface area contributed by atoms with Gasteiger partial charge < -0.3 is 4.90 Å². The molecule has 0 radical (unpaired) electrons. The molecule has 1 saturated heterocycles. The maximum absolute atomic E-state index is 2.79. The number of nitrogens with zero attached hydrogens (tertiary/aromatic N) is 1. The molecule has 0 atom stereocenters. The van der Waals surface area contributed by atoms with Gasteiger partial charge in [0.15, 0.2) is 0 Å². The highest BCUT2D eigenvalue weighted by atomic mass is 15.1. The minimum atomic E-state index is 1.07. The Morgan fingerprint density at radius 1 is 0.571 bits per heavy atom. The van der Waals surface area contributed by atoms with Crippen molar-refractivity contribution in [2.45, 2.75) is 89.9 Å². The highest BCUT2D eigenvalue weighted by Crippen LogP contribution is 2.35. The first-order chi connectivity index (χ1) is 10.4. The second-order valence-electron chi connectivity index (χ2n) is 8.22. The van der Waals surface area contributed by atoms with E-state index >= 15 is 0 Å². The average Bonchev–Trinajstić information content (AvgIpc) is 2.84. The Kier molecular flexibility index (Phi) is 6.45. The van der Waals surface area contributed by atoms with Crippen LogP contribution in [0.2, 0.25) is 0 Å². The van der Waals surface area contributed by atoms with Crippen molar-refractivity contribution in [3.05, 3.63) is 0 Å². The lowest BCUT2D eigenvalue weighted by Gasteiger charge is -2.36. The van der Waals surface area contributed by atoms with E-state index < -0.39 is 0 Å². The van der Waals surface area contributed by atoms with E-state index in [2.05, 4.69) is 4.90 Å². The van der Waals surface area contributed by atoms with E-state index in [1.165, 1.54) is 96.7 Å². The largest absolute Gasteiger partial charge is 0.303 e. The Balaban J connectivity index is 1.34. The van der Waals surface area contributed by atoms with E-state index in [1.807, 2.05) is 0 Å². The second kappa shape index (κ2) is 8.56. The Labute approximate surface area is 132 Å². The van der Waals surface area contributed by atoms with Crippen LogP contribution in [0.5, 0.6) is 0 Å². The predicted molar refractivity (Wildman–Crippen MR) is 91.5 cm³/mol. The quantitative estimate of drug-likeness (QED) is 0.606. The van der Waals surface area contributed by atoms with E-state index in [0.29, 0.717) is 0 Å². The van der Waals surface area contributed by atoms with Crippen LogP contribution in [-0.2, 0) is 0 Å². The summed E-state index contributed by atoms with van der Waals surface area (Å²) in [6, 6.07) is 0. The normalized spacial score (nSPS) is 28.6. The summed E-state index contributed by atoms with van der Waals surface area (Å²) < 4.78 is 0. The van der Waals surface area contributed by atoms with Gasteiger partial charge in [-0.3, -0.25) is 0 Å². The summed E-state index contributed by atoms with van der Waals surface area (Å²) in [6.07, 6.45) is 21.2. The highest BCUT2D eigenvalue weighted by molar-refractivity contribution is 4.80. The smallest absolute Gasteiger partial charge is 0.00160 e. The van der Waals surface area contributed by atoms with Crippen LogP contribution in [0.15, 0.2) is 0 Å². The first-order valence-electron chi connectivity index (χ1n) is 10.1. The van der Waals surface area contributed by atoms with Gasteiger partial charge >= 0.3 is 0 Å². The average molecular weight is 292 g/mol. The van der Waals surface area contributed by atoms with Crippen molar-refractivity contribution in [3.8, 4) is 0 Å². The Morgan fingerprint density at radius 3 is 1.76 bits per heavy atom. The van der Waals surface area contributed by atoms with Crippen LogP contribution in [-0.4, -0.2) is 24.5 Å². The van der Waals surface area contributed by atoms with Crippen LogP contribution >= 0.6 is 0 Å². The van der Waals surface area contributed by atoms with Gasteiger partial charge in [0.25, 0.3) is 0 Å². The summed E-state index contributed by atoms with van der Waals surface area (Å²) in [4.78, 5) is 2.79. The van der Waals surface area contributed by atoms with E-state index in [0.717, 1.165) is 17.8 Å². The molecule has 0 unspecified atom stereocenters.